The van der Waals surface area contributed by atoms with Crippen LogP contribution in [0.5, 0.6) is 11.5 Å². The van der Waals surface area contributed by atoms with E-state index >= 15 is 0 Å². The smallest absolute Gasteiger partial charge is 0.303 e. The molecule has 46 heavy (non-hydrogen) atoms. The van der Waals surface area contributed by atoms with Gasteiger partial charge in [0.15, 0.2) is 0 Å². The quantitative estimate of drug-likeness (QED) is 0.169. The molecule has 3 aromatic rings. The number of phenols is 1. The van der Waals surface area contributed by atoms with Crippen molar-refractivity contribution >= 4 is 44.4 Å². The van der Waals surface area contributed by atoms with E-state index in [1.165, 1.54) is 4.31 Å². The van der Waals surface area contributed by atoms with E-state index < -0.39 is 33.5 Å². The number of aromatic hydroxyl groups is 1. The Kier molecular flexibility index (Phi) is 10.3. The number of sulfonamides is 1. The average molecular weight is 649 g/mol. The number of fused-ring (bicyclic) bond motifs is 2. The molecule has 2 heterocycles. The number of hydrogen-bond acceptors (Lipinski definition) is 7. The van der Waals surface area contributed by atoms with Gasteiger partial charge in [-0.3, -0.25) is 13.9 Å². The number of nitrogens with zero attached hydrogens (tertiary/aromatic N) is 1. The van der Waals surface area contributed by atoms with Crippen LogP contribution in [-0.2, 0) is 24.3 Å². The molecule has 1 fully saturated rings. The van der Waals surface area contributed by atoms with Gasteiger partial charge >= 0.3 is 5.97 Å². The third kappa shape index (κ3) is 7.21. The van der Waals surface area contributed by atoms with Crippen LogP contribution in [0, 0.1) is 0 Å². The van der Waals surface area contributed by atoms with Gasteiger partial charge in [0.25, 0.3) is 0 Å². The van der Waals surface area contributed by atoms with E-state index in [0.717, 1.165) is 35.1 Å². The minimum Gasteiger partial charge on any atom is -0.508 e. The third-order valence-corrected chi connectivity index (χ3v) is 10.8. The molecule has 2 aliphatic rings. The first-order chi connectivity index (χ1) is 22.1. The second-order valence-electron chi connectivity index (χ2n) is 11.5. The van der Waals surface area contributed by atoms with Gasteiger partial charge < -0.3 is 25.0 Å². The number of amides is 1. The van der Waals surface area contributed by atoms with Crippen molar-refractivity contribution in [2.45, 2.75) is 69.3 Å². The number of benzene rings is 3. The minimum atomic E-state index is -3.86. The molecule has 3 N–H and O–H groups in total. The van der Waals surface area contributed by atoms with Crippen molar-refractivity contribution in [1.29, 1.82) is 0 Å². The van der Waals surface area contributed by atoms with E-state index in [1.807, 2.05) is 24.3 Å². The van der Waals surface area contributed by atoms with Gasteiger partial charge in [0, 0.05) is 31.1 Å². The normalized spacial score (nSPS) is 18.9. The molecule has 0 aromatic heterocycles. The summed E-state index contributed by atoms with van der Waals surface area (Å²) in [5.74, 6) is -0.236. The number of hydrogen-bond donors (Lipinski definition) is 3. The number of nitrogens with one attached hydrogen (secondary N) is 1. The van der Waals surface area contributed by atoms with Crippen molar-refractivity contribution in [3.8, 4) is 11.5 Å². The molecule has 0 aliphatic carbocycles. The number of unbranched alkanes of at least 4 members (excludes halogenated alkanes) is 3. The Morgan fingerprint density at radius 3 is 2.24 bits per heavy atom. The van der Waals surface area contributed by atoms with Crippen molar-refractivity contribution in [3.63, 3.8) is 0 Å². The Balaban J connectivity index is 1.38. The Bertz CT molecular complexity index is 1690. The first kappa shape index (κ1) is 33.0. The summed E-state index contributed by atoms with van der Waals surface area (Å²) in [6, 6.07) is 21.1. The third-order valence-electron chi connectivity index (χ3n) is 8.51. The molecule has 1 saturated heterocycles. The fourth-order valence-electron chi connectivity index (χ4n) is 6.31. The molecule has 3 aromatic carbocycles. The highest BCUT2D eigenvalue weighted by atomic mass is 32.2. The van der Waals surface area contributed by atoms with Crippen molar-refractivity contribution in [1.82, 2.24) is 0 Å². The molecule has 5 rings (SSSR count). The van der Waals surface area contributed by atoms with Gasteiger partial charge in [-0.05, 0) is 84.9 Å². The molecule has 11 heteroatoms. The number of methoxy groups -OCH3 is 1. The minimum absolute atomic E-state index is 0.124. The van der Waals surface area contributed by atoms with Crippen molar-refractivity contribution in [2.75, 3.05) is 23.3 Å². The summed E-state index contributed by atoms with van der Waals surface area (Å²) in [5, 5.41) is 20.8. The SMILES string of the molecule is CCN(c1cccc(OC)c1)S(=O)(=O)C1CC2OC1C(c1ccc(NC(=O)CCCCCCC(=O)O)cc1)=C2c1ccc(O)cc1. The van der Waals surface area contributed by atoms with E-state index in [4.69, 9.17) is 14.6 Å². The number of anilines is 2. The van der Waals surface area contributed by atoms with Gasteiger partial charge in [-0.2, -0.15) is 0 Å². The lowest BCUT2D eigenvalue weighted by Crippen LogP contribution is -2.43. The second-order valence-corrected chi connectivity index (χ2v) is 13.6. The number of ether oxygens (including phenoxy) is 2. The summed E-state index contributed by atoms with van der Waals surface area (Å²) in [4.78, 5) is 23.2. The summed E-state index contributed by atoms with van der Waals surface area (Å²) in [5.41, 5.74) is 4.44. The van der Waals surface area contributed by atoms with Crippen LogP contribution in [0.25, 0.3) is 11.1 Å². The van der Waals surface area contributed by atoms with Crippen LogP contribution >= 0.6 is 0 Å². The number of carboxylic acids is 1. The van der Waals surface area contributed by atoms with Crippen molar-refractivity contribution < 1.29 is 37.7 Å². The maximum absolute atomic E-state index is 14.2. The van der Waals surface area contributed by atoms with Crippen LogP contribution in [0.15, 0.2) is 72.8 Å². The Morgan fingerprint density at radius 2 is 1.59 bits per heavy atom. The molecule has 2 bridgehead atoms. The molecule has 0 spiro atoms. The predicted octanol–water partition coefficient (Wildman–Crippen LogP) is 6.07. The van der Waals surface area contributed by atoms with Crippen molar-refractivity contribution in [2.24, 2.45) is 0 Å². The largest absolute Gasteiger partial charge is 0.508 e. The number of carbonyl (C=O) groups is 2. The van der Waals surface area contributed by atoms with Crippen LogP contribution < -0.4 is 14.4 Å². The predicted molar refractivity (Wildman–Crippen MR) is 177 cm³/mol. The van der Waals surface area contributed by atoms with Gasteiger partial charge in [0.05, 0.1) is 18.9 Å². The highest BCUT2D eigenvalue weighted by Gasteiger charge is 2.54. The van der Waals surface area contributed by atoms with Crippen LogP contribution in [0.1, 0.15) is 63.0 Å². The summed E-state index contributed by atoms with van der Waals surface area (Å²) in [6.07, 6.45) is 2.42. The number of aliphatic carboxylic acids is 1. The highest BCUT2D eigenvalue weighted by Crippen LogP contribution is 2.51. The number of phenolic OH excluding ortho intramolecular Hbond substituents is 1. The molecule has 1 amide bonds. The van der Waals surface area contributed by atoms with E-state index in [-0.39, 0.29) is 31.0 Å². The zero-order valence-electron chi connectivity index (χ0n) is 26.0. The molecular weight excluding hydrogens is 608 g/mol. The van der Waals surface area contributed by atoms with Crippen LogP contribution in [0.2, 0.25) is 0 Å². The fraction of sp³-hybridized carbons (Fsp3) is 0.371. The summed E-state index contributed by atoms with van der Waals surface area (Å²) >= 11 is 0. The summed E-state index contributed by atoms with van der Waals surface area (Å²) in [7, 11) is -2.32. The first-order valence-corrected chi connectivity index (χ1v) is 17.1. The number of carboxylic acid groups (broad SMARTS) is 1. The molecule has 2 aliphatic heterocycles. The lowest BCUT2D eigenvalue weighted by atomic mass is 9.83. The highest BCUT2D eigenvalue weighted by molar-refractivity contribution is 7.93. The topological polar surface area (TPSA) is 142 Å². The Hall–Kier alpha value is -4.35. The Morgan fingerprint density at radius 1 is 0.935 bits per heavy atom. The van der Waals surface area contributed by atoms with E-state index in [9.17, 15) is 23.1 Å². The standard InChI is InChI=1S/C35H40N2O8S/c1-3-37(26-9-8-10-28(21-26)44-2)46(42,43)30-22-29-33(23-15-19-27(38)20-16-23)34(35(30)45-29)24-13-17-25(18-14-24)36-31(39)11-6-4-5-7-12-32(40)41/h8-10,13-21,29-30,35,38H,3-7,11-12,22H2,1-2H3,(H,36,39)(H,40,41). The van der Waals surface area contributed by atoms with Gasteiger partial charge in [0.2, 0.25) is 15.9 Å². The van der Waals surface area contributed by atoms with Gasteiger partial charge in [-0.1, -0.05) is 43.2 Å². The first-order valence-electron chi connectivity index (χ1n) is 15.6. The molecule has 3 atom stereocenters. The summed E-state index contributed by atoms with van der Waals surface area (Å²) in [6.45, 7) is 2.04. The Labute approximate surface area is 269 Å². The number of rotatable bonds is 15. The average Bonchev–Trinajstić information content (AvgIpc) is 3.64. The maximum atomic E-state index is 14.2. The molecular formula is C35H40N2O8S. The van der Waals surface area contributed by atoms with Gasteiger partial charge in [-0.15, -0.1) is 0 Å². The van der Waals surface area contributed by atoms with Crippen molar-refractivity contribution in [3.05, 3.63) is 83.9 Å². The fourth-order valence-corrected chi connectivity index (χ4v) is 8.34. The van der Waals surface area contributed by atoms with Crippen LogP contribution in [-0.4, -0.2) is 61.6 Å². The maximum Gasteiger partial charge on any atom is 0.303 e. The zero-order chi connectivity index (χ0) is 32.8. The number of carbonyl (C=O) groups excluding carboxylic acids is 1. The van der Waals surface area contributed by atoms with E-state index in [0.29, 0.717) is 36.4 Å². The van der Waals surface area contributed by atoms with Gasteiger partial charge in [-0.25, -0.2) is 8.42 Å². The van der Waals surface area contributed by atoms with E-state index in [2.05, 4.69) is 5.32 Å². The molecule has 10 nitrogen and oxygen atoms in total. The summed E-state index contributed by atoms with van der Waals surface area (Å²) < 4.78 is 41.7. The lowest BCUT2D eigenvalue weighted by Gasteiger charge is -2.31. The molecule has 0 radical (unpaired) electrons. The lowest BCUT2D eigenvalue weighted by molar-refractivity contribution is -0.137. The molecule has 3 unspecified atom stereocenters. The van der Waals surface area contributed by atoms with E-state index in [1.54, 1.807) is 62.6 Å². The van der Waals surface area contributed by atoms with Crippen LogP contribution in [0.3, 0.4) is 0 Å². The molecule has 244 valence electrons. The van der Waals surface area contributed by atoms with Gasteiger partial charge in [0.1, 0.15) is 22.9 Å². The van der Waals surface area contributed by atoms with Crippen LogP contribution in [0.4, 0.5) is 11.4 Å². The monoisotopic (exact) mass is 648 g/mol. The zero-order valence-corrected chi connectivity index (χ0v) is 26.8. The second kappa shape index (κ2) is 14.4. The molecule has 0 saturated carbocycles.